The summed E-state index contributed by atoms with van der Waals surface area (Å²) in [5.41, 5.74) is 0. The lowest BCUT2D eigenvalue weighted by Gasteiger charge is -2.00. The van der Waals surface area contributed by atoms with Crippen molar-refractivity contribution < 1.29 is 0 Å². The molecule has 2 N–H and O–H groups in total. The van der Waals surface area contributed by atoms with Crippen molar-refractivity contribution in [2.24, 2.45) is 0 Å². The maximum absolute atomic E-state index is 4.54. The van der Waals surface area contributed by atoms with Gasteiger partial charge in [0.25, 0.3) is 0 Å². The van der Waals surface area contributed by atoms with Gasteiger partial charge in [0.2, 0.25) is 0 Å². The molecular weight excluding hydrogens is 208 g/mol. The summed E-state index contributed by atoms with van der Waals surface area (Å²) in [7, 11) is 0. The molecule has 1 aliphatic rings. The lowest BCUT2D eigenvalue weighted by Crippen LogP contribution is -2.08. The first-order valence-electron chi connectivity index (χ1n) is 5.10. The Morgan fingerprint density at radius 2 is 2.47 bits per heavy atom. The Balaban J connectivity index is 1.87. The molecule has 5 heteroatoms. The van der Waals surface area contributed by atoms with E-state index in [9.17, 15) is 0 Å². The van der Waals surface area contributed by atoms with Crippen LogP contribution in [0.3, 0.4) is 0 Å². The van der Waals surface area contributed by atoms with Crippen LogP contribution in [0.2, 0.25) is 0 Å². The summed E-state index contributed by atoms with van der Waals surface area (Å²) in [4.78, 5) is 5.67. The van der Waals surface area contributed by atoms with Crippen LogP contribution in [0.5, 0.6) is 0 Å². The topological polar surface area (TPSA) is 53.6 Å². The minimum absolute atomic E-state index is 0.506. The van der Waals surface area contributed by atoms with E-state index in [2.05, 4.69) is 20.5 Å². The fourth-order valence-electron chi connectivity index (χ4n) is 1.86. The quantitative estimate of drug-likeness (QED) is 0.808. The molecule has 0 amide bonds. The summed E-state index contributed by atoms with van der Waals surface area (Å²) in [5, 5.41) is 12.7. The highest BCUT2D eigenvalue weighted by Gasteiger charge is 2.20. The van der Waals surface area contributed by atoms with Crippen LogP contribution in [0, 0.1) is 0 Å². The van der Waals surface area contributed by atoms with Crippen molar-refractivity contribution in [2.45, 2.75) is 12.3 Å². The normalized spacial score (nSPS) is 20.9. The molecule has 1 aliphatic heterocycles. The van der Waals surface area contributed by atoms with Crippen LogP contribution >= 0.6 is 11.3 Å². The van der Waals surface area contributed by atoms with E-state index in [1.807, 2.05) is 17.5 Å². The molecule has 0 saturated carbocycles. The molecule has 0 bridgehead atoms. The van der Waals surface area contributed by atoms with Crippen LogP contribution in [-0.2, 0) is 0 Å². The zero-order chi connectivity index (χ0) is 10.1. The van der Waals surface area contributed by atoms with Crippen molar-refractivity contribution in [1.82, 2.24) is 20.5 Å². The molecule has 0 aromatic carbocycles. The molecule has 0 aliphatic carbocycles. The first-order valence-corrected chi connectivity index (χ1v) is 5.98. The molecule has 0 spiro atoms. The predicted octanol–water partition coefficient (Wildman–Crippen LogP) is 1.61. The summed E-state index contributed by atoms with van der Waals surface area (Å²) in [6.45, 7) is 2.10. The van der Waals surface area contributed by atoms with Gasteiger partial charge in [-0.2, -0.15) is 5.10 Å². The van der Waals surface area contributed by atoms with Crippen molar-refractivity contribution in [3.05, 3.63) is 23.3 Å². The Kier molecular flexibility index (Phi) is 2.26. The molecule has 0 radical (unpaired) electrons. The number of aromatic nitrogens is 3. The molecule has 1 atom stereocenters. The van der Waals surface area contributed by atoms with Crippen LogP contribution in [0.25, 0.3) is 10.7 Å². The van der Waals surface area contributed by atoms with Gasteiger partial charge < -0.3 is 5.32 Å². The Bertz CT molecular complexity index is 428. The van der Waals surface area contributed by atoms with Gasteiger partial charge in [-0.25, -0.2) is 4.98 Å². The van der Waals surface area contributed by atoms with Crippen molar-refractivity contribution >= 4 is 11.3 Å². The molecule has 4 nitrogen and oxygen atoms in total. The van der Waals surface area contributed by atoms with E-state index in [0.717, 1.165) is 36.0 Å². The predicted molar refractivity (Wildman–Crippen MR) is 59.9 cm³/mol. The summed E-state index contributed by atoms with van der Waals surface area (Å²) >= 11 is 1.67. The number of rotatable bonds is 2. The number of thiophene rings is 1. The third kappa shape index (κ3) is 1.68. The number of hydrogen-bond acceptors (Lipinski definition) is 4. The Labute approximate surface area is 91.7 Å². The second-order valence-corrected chi connectivity index (χ2v) is 4.66. The molecule has 1 fully saturated rings. The fourth-order valence-corrected chi connectivity index (χ4v) is 2.52. The number of aromatic amines is 1. The third-order valence-electron chi connectivity index (χ3n) is 2.69. The van der Waals surface area contributed by atoms with E-state index in [0.29, 0.717) is 5.92 Å². The van der Waals surface area contributed by atoms with Crippen LogP contribution in [0.1, 0.15) is 18.2 Å². The standard InChI is InChI=1S/C10H12N4S/c1-2-8(15-5-1)10-12-9(13-14-10)7-3-4-11-6-7/h1-2,5,7,11H,3-4,6H2,(H,12,13,14). The molecule has 78 valence electrons. The highest BCUT2D eigenvalue weighted by atomic mass is 32.1. The molecule has 1 saturated heterocycles. The Hall–Kier alpha value is -1.20. The minimum Gasteiger partial charge on any atom is -0.316 e. The first-order chi connectivity index (χ1) is 7.43. The van der Waals surface area contributed by atoms with E-state index in [1.54, 1.807) is 11.3 Å². The van der Waals surface area contributed by atoms with E-state index in [4.69, 9.17) is 0 Å². The fraction of sp³-hybridized carbons (Fsp3) is 0.400. The zero-order valence-electron chi connectivity index (χ0n) is 8.23. The number of H-pyrrole nitrogens is 1. The molecule has 3 heterocycles. The molecule has 2 aromatic rings. The molecule has 3 rings (SSSR count). The van der Waals surface area contributed by atoms with Crippen molar-refractivity contribution in [2.75, 3.05) is 13.1 Å². The highest BCUT2D eigenvalue weighted by molar-refractivity contribution is 7.13. The van der Waals surface area contributed by atoms with Gasteiger partial charge in [0.05, 0.1) is 4.88 Å². The lowest BCUT2D eigenvalue weighted by atomic mass is 10.1. The maximum atomic E-state index is 4.54. The Morgan fingerprint density at radius 1 is 1.47 bits per heavy atom. The second-order valence-electron chi connectivity index (χ2n) is 3.71. The first kappa shape index (κ1) is 9.06. The average Bonchev–Trinajstić information content (AvgIpc) is 3.02. The van der Waals surface area contributed by atoms with E-state index < -0.39 is 0 Å². The SMILES string of the molecule is c1csc(-c2n[nH]c(C3CCNC3)n2)c1. The smallest absolute Gasteiger partial charge is 0.191 e. The van der Waals surface area contributed by atoms with E-state index in [1.165, 1.54) is 0 Å². The monoisotopic (exact) mass is 220 g/mol. The number of nitrogens with zero attached hydrogens (tertiary/aromatic N) is 2. The van der Waals surface area contributed by atoms with Crippen molar-refractivity contribution in [1.29, 1.82) is 0 Å². The summed E-state index contributed by atoms with van der Waals surface area (Å²) in [5.74, 6) is 2.35. The summed E-state index contributed by atoms with van der Waals surface area (Å²) < 4.78 is 0. The van der Waals surface area contributed by atoms with E-state index >= 15 is 0 Å². The van der Waals surface area contributed by atoms with Gasteiger partial charge >= 0.3 is 0 Å². The second kappa shape index (κ2) is 3.75. The molecule has 15 heavy (non-hydrogen) atoms. The third-order valence-corrected chi connectivity index (χ3v) is 3.56. The summed E-state index contributed by atoms with van der Waals surface area (Å²) in [6.07, 6.45) is 1.15. The molecule has 2 aromatic heterocycles. The summed E-state index contributed by atoms with van der Waals surface area (Å²) in [6, 6.07) is 4.07. The zero-order valence-corrected chi connectivity index (χ0v) is 9.05. The van der Waals surface area contributed by atoms with Crippen LogP contribution in [0.4, 0.5) is 0 Å². The highest BCUT2D eigenvalue weighted by Crippen LogP contribution is 2.24. The number of nitrogens with one attached hydrogen (secondary N) is 2. The number of hydrogen-bond donors (Lipinski definition) is 2. The molecule has 1 unspecified atom stereocenters. The van der Waals surface area contributed by atoms with Crippen molar-refractivity contribution in [3.63, 3.8) is 0 Å². The van der Waals surface area contributed by atoms with Crippen molar-refractivity contribution in [3.8, 4) is 10.7 Å². The van der Waals surface area contributed by atoms with E-state index in [-0.39, 0.29) is 0 Å². The van der Waals surface area contributed by atoms with Crippen LogP contribution in [0.15, 0.2) is 17.5 Å². The minimum atomic E-state index is 0.506. The van der Waals surface area contributed by atoms with Gasteiger partial charge in [-0.1, -0.05) is 6.07 Å². The Morgan fingerprint density at radius 3 is 3.20 bits per heavy atom. The molecular formula is C10H12N4S. The van der Waals surface area contributed by atoms with Gasteiger partial charge in [-0.15, -0.1) is 11.3 Å². The van der Waals surface area contributed by atoms with Gasteiger partial charge in [0, 0.05) is 12.5 Å². The van der Waals surface area contributed by atoms with Crippen LogP contribution < -0.4 is 5.32 Å². The van der Waals surface area contributed by atoms with Gasteiger partial charge in [0.1, 0.15) is 5.82 Å². The maximum Gasteiger partial charge on any atom is 0.191 e. The lowest BCUT2D eigenvalue weighted by molar-refractivity contribution is 0.706. The van der Waals surface area contributed by atoms with Gasteiger partial charge in [0.15, 0.2) is 5.82 Å². The van der Waals surface area contributed by atoms with Crippen LogP contribution in [-0.4, -0.2) is 28.3 Å². The largest absolute Gasteiger partial charge is 0.316 e. The van der Waals surface area contributed by atoms with Gasteiger partial charge in [-0.3, -0.25) is 5.10 Å². The average molecular weight is 220 g/mol. The van der Waals surface area contributed by atoms with Gasteiger partial charge in [-0.05, 0) is 24.4 Å².